The summed E-state index contributed by atoms with van der Waals surface area (Å²) in [5.41, 5.74) is 0.531. The predicted octanol–water partition coefficient (Wildman–Crippen LogP) is 1.44. The number of hydrogen-bond acceptors (Lipinski definition) is 4. The number of carbonyl (C=O) groups is 2. The minimum atomic E-state index is -0.706. The largest absolute Gasteiger partial charge is 0.388 e. The zero-order chi connectivity index (χ0) is 15.6. The molecule has 22 heavy (non-hydrogen) atoms. The van der Waals surface area contributed by atoms with Crippen molar-refractivity contribution in [2.24, 2.45) is 0 Å². The highest BCUT2D eigenvalue weighted by Crippen LogP contribution is 2.30. The molecule has 6 heteroatoms. The molecule has 2 aliphatic rings. The van der Waals surface area contributed by atoms with Crippen LogP contribution in [0.4, 0.5) is 0 Å². The van der Waals surface area contributed by atoms with Crippen molar-refractivity contribution >= 4 is 23.2 Å². The summed E-state index contributed by atoms with van der Waals surface area (Å²) in [6, 6.07) is 2.07. The molecule has 2 N–H and O–H groups in total. The van der Waals surface area contributed by atoms with Crippen molar-refractivity contribution in [2.45, 2.75) is 50.7 Å². The van der Waals surface area contributed by atoms with Gasteiger partial charge in [-0.15, -0.1) is 11.3 Å². The van der Waals surface area contributed by atoms with Gasteiger partial charge in [-0.1, -0.05) is 0 Å². The maximum atomic E-state index is 12.2. The van der Waals surface area contributed by atoms with Gasteiger partial charge in [-0.05, 0) is 42.7 Å². The number of rotatable bonds is 5. The lowest BCUT2D eigenvalue weighted by atomic mass is 9.80. The van der Waals surface area contributed by atoms with Crippen LogP contribution in [0.1, 0.15) is 42.5 Å². The van der Waals surface area contributed by atoms with Crippen LogP contribution in [-0.2, 0) is 22.6 Å². The van der Waals surface area contributed by atoms with Gasteiger partial charge in [0.05, 0.1) is 5.60 Å². The summed E-state index contributed by atoms with van der Waals surface area (Å²) in [6.45, 7) is 1.72. The van der Waals surface area contributed by atoms with Crippen LogP contribution in [0.5, 0.6) is 0 Å². The third-order valence-corrected chi connectivity index (χ3v) is 5.65. The van der Waals surface area contributed by atoms with Crippen LogP contribution in [-0.4, -0.2) is 40.5 Å². The highest BCUT2D eigenvalue weighted by atomic mass is 32.1. The zero-order valence-electron chi connectivity index (χ0n) is 12.6. The van der Waals surface area contributed by atoms with Gasteiger partial charge < -0.3 is 15.3 Å². The fraction of sp³-hybridized carbons (Fsp3) is 0.625. The Labute approximate surface area is 134 Å². The van der Waals surface area contributed by atoms with E-state index in [0.29, 0.717) is 13.1 Å². The Kier molecular flexibility index (Phi) is 4.49. The van der Waals surface area contributed by atoms with E-state index in [1.165, 1.54) is 10.4 Å². The van der Waals surface area contributed by atoms with Gasteiger partial charge in [0, 0.05) is 37.4 Å². The number of thiophene rings is 1. The Balaban J connectivity index is 1.40. The van der Waals surface area contributed by atoms with Crippen molar-refractivity contribution in [1.82, 2.24) is 10.2 Å². The molecule has 5 nitrogen and oxygen atoms in total. The van der Waals surface area contributed by atoms with Crippen molar-refractivity contribution in [3.8, 4) is 0 Å². The summed E-state index contributed by atoms with van der Waals surface area (Å²) in [7, 11) is 0. The van der Waals surface area contributed by atoms with Crippen LogP contribution in [0.2, 0.25) is 0 Å². The van der Waals surface area contributed by atoms with E-state index in [2.05, 4.69) is 16.8 Å². The van der Waals surface area contributed by atoms with Crippen LogP contribution in [0.15, 0.2) is 11.4 Å². The molecule has 120 valence electrons. The van der Waals surface area contributed by atoms with Gasteiger partial charge in [-0.25, -0.2) is 0 Å². The Hall–Kier alpha value is -1.40. The number of fused-ring (bicyclic) bond motifs is 1. The lowest BCUT2D eigenvalue weighted by molar-refractivity contribution is -0.134. The molecule has 1 aromatic heterocycles. The van der Waals surface area contributed by atoms with Gasteiger partial charge in [0.25, 0.3) is 0 Å². The molecule has 0 atom stereocenters. The minimum absolute atomic E-state index is 0.0364. The summed E-state index contributed by atoms with van der Waals surface area (Å²) in [4.78, 5) is 27.2. The number of aliphatic hydroxyl groups is 1. The molecule has 1 aliphatic carbocycles. The first-order valence-electron chi connectivity index (χ1n) is 7.88. The molecule has 2 amide bonds. The molecule has 3 rings (SSSR count). The van der Waals surface area contributed by atoms with Crippen LogP contribution < -0.4 is 5.32 Å². The van der Waals surface area contributed by atoms with Crippen LogP contribution in [0.3, 0.4) is 0 Å². The van der Waals surface area contributed by atoms with Gasteiger partial charge in [0.2, 0.25) is 11.8 Å². The number of carbonyl (C=O) groups excluding carboxylic acids is 2. The molecule has 1 aliphatic heterocycles. The minimum Gasteiger partial charge on any atom is -0.388 e. The van der Waals surface area contributed by atoms with E-state index in [1.54, 1.807) is 11.3 Å². The quantitative estimate of drug-likeness (QED) is 0.862. The van der Waals surface area contributed by atoms with Gasteiger partial charge in [-0.3, -0.25) is 9.59 Å². The second-order valence-corrected chi connectivity index (χ2v) is 7.29. The SMILES string of the molecule is O=C(CCC(=O)N1CCc2sccc2C1)NCC1(O)CCC1. The van der Waals surface area contributed by atoms with E-state index in [9.17, 15) is 14.7 Å². The highest BCUT2D eigenvalue weighted by Gasteiger charge is 2.34. The summed E-state index contributed by atoms with van der Waals surface area (Å²) in [5.74, 6) is -0.115. The third-order valence-electron chi connectivity index (χ3n) is 4.63. The maximum absolute atomic E-state index is 12.2. The molecular weight excluding hydrogens is 300 g/mol. The van der Waals surface area contributed by atoms with E-state index < -0.39 is 5.60 Å². The van der Waals surface area contributed by atoms with E-state index in [4.69, 9.17) is 0 Å². The fourth-order valence-corrected chi connectivity index (χ4v) is 3.84. The molecule has 0 bridgehead atoms. The molecular formula is C16H22N2O3S. The Morgan fingerprint density at radius 2 is 2.18 bits per heavy atom. The summed E-state index contributed by atoms with van der Waals surface area (Å²) < 4.78 is 0. The average molecular weight is 322 g/mol. The van der Waals surface area contributed by atoms with Gasteiger partial charge in [0.15, 0.2) is 0 Å². The van der Waals surface area contributed by atoms with Gasteiger partial charge in [0.1, 0.15) is 0 Å². The van der Waals surface area contributed by atoms with Crippen molar-refractivity contribution in [3.63, 3.8) is 0 Å². The van der Waals surface area contributed by atoms with Gasteiger partial charge in [-0.2, -0.15) is 0 Å². The van der Waals surface area contributed by atoms with Crippen LogP contribution in [0, 0.1) is 0 Å². The van der Waals surface area contributed by atoms with Gasteiger partial charge >= 0.3 is 0 Å². The number of amides is 2. The second-order valence-electron chi connectivity index (χ2n) is 6.29. The van der Waals surface area contributed by atoms with E-state index in [-0.39, 0.29) is 24.7 Å². The molecule has 1 saturated carbocycles. The Bertz CT molecular complexity index is 565. The lowest BCUT2D eigenvalue weighted by Crippen LogP contribution is -2.47. The topological polar surface area (TPSA) is 69.6 Å². The molecule has 2 heterocycles. The van der Waals surface area contributed by atoms with Crippen LogP contribution in [0.25, 0.3) is 0 Å². The van der Waals surface area contributed by atoms with Crippen molar-refractivity contribution in [1.29, 1.82) is 0 Å². The third kappa shape index (κ3) is 3.50. The highest BCUT2D eigenvalue weighted by molar-refractivity contribution is 7.10. The molecule has 0 saturated heterocycles. The first-order chi connectivity index (χ1) is 10.6. The fourth-order valence-electron chi connectivity index (χ4n) is 2.95. The summed E-state index contributed by atoms with van der Waals surface area (Å²) in [5, 5.41) is 14.7. The van der Waals surface area contributed by atoms with Crippen molar-refractivity contribution < 1.29 is 14.7 Å². The molecule has 0 unspecified atom stereocenters. The molecule has 0 radical (unpaired) electrons. The molecule has 1 fully saturated rings. The monoisotopic (exact) mass is 322 g/mol. The standard InChI is InChI=1S/C16H22N2O3S/c19-14(17-11-16(21)6-1-7-16)2-3-15(20)18-8-4-13-12(10-18)5-9-22-13/h5,9,21H,1-4,6-8,10-11H2,(H,17,19). The first-order valence-corrected chi connectivity index (χ1v) is 8.76. The maximum Gasteiger partial charge on any atom is 0.223 e. The number of nitrogens with one attached hydrogen (secondary N) is 1. The Morgan fingerprint density at radius 3 is 2.91 bits per heavy atom. The normalized spacial score (nSPS) is 19.2. The lowest BCUT2D eigenvalue weighted by Gasteiger charge is -2.36. The molecule has 0 aromatic carbocycles. The predicted molar refractivity (Wildman–Crippen MR) is 84.5 cm³/mol. The Morgan fingerprint density at radius 1 is 1.36 bits per heavy atom. The molecule has 0 spiro atoms. The van der Waals surface area contributed by atoms with E-state index in [1.807, 2.05) is 4.90 Å². The summed E-state index contributed by atoms with van der Waals surface area (Å²) >= 11 is 1.75. The smallest absolute Gasteiger partial charge is 0.223 e. The van der Waals surface area contributed by atoms with E-state index in [0.717, 1.165) is 32.2 Å². The number of nitrogens with zero attached hydrogens (tertiary/aromatic N) is 1. The van der Waals surface area contributed by atoms with E-state index >= 15 is 0 Å². The van der Waals surface area contributed by atoms with Crippen molar-refractivity contribution in [3.05, 3.63) is 21.9 Å². The molecule has 1 aromatic rings. The number of hydrogen-bond donors (Lipinski definition) is 2. The zero-order valence-corrected chi connectivity index (χ0v) is 13.5. The average Bonchev–Trinajstić information content (AvgIpc) is 2.96. The summed E-state index contributed by atoms with van der Waals surface area (Å²) in [6.07, 6.45) is 3.87. The van der Waals surface area contributed by atoms with Crippen molar-refractivity contribution in [2.75, 3.05) is 13.1 Å². The second kappa shape index (κ2) is 6.38. The van der Waals surface area contributed by atoms with Crippen LogP contribution >= 0.6 is 11.3 Å². The first kappa shape index (κ1) is 15.5.